The molecule has 0 saturated carbocycles. The Bertz CT molecular complexity index is 532. The van der Waals surface area contributed by atoms with Crippen LogP contribution in [0.4, 0.5) is 0 Å². The van der Waals surface area contributed by atoms with Gasteiger partial charge in [-0.2, -0.15) is 0 Å². The predicted octanol–water partition coefficient (Wildman–Crippen LogP) is 3.54. The number of alkyl halides is 1. The van der Waals surface area contributed by atoms with Crippen LogP contribution >= 0.6 is 23.2 Å². The van der Waals surface area contributed by atoms with Crippen LogP contribution in [0.1, 0.15) is 5.82 Å². The molecule has 88 valence electrons. The maximum Gasteiger partial charge on any atom is 0.145 e. The molecule has 0 fully saturated rings. The summed E-state index contributed by atoms with van der Waals surface area (Å²) in [5, 5.41) is 0.383. The SMILES string of the molecule is COc1cccc(-c2cc(Cl)nc(CCl)n2)c1. The number of ether oxygens (including phenoxy) is 1. The van der Waals surface area contributed by atoms with Crippen LogP contribution < -0.4 is 4.74 Å². The van der Waals surface area contributed by atoms with Gasteiger partial charge in [0.25, 0.3) is 0 Å². The van der Waals surface area contributed by atoms with Crippen LogP contribution in [0.15, 0.2) is 30.3 Å². The molecule has 3 nitrogen and oxygen atoms in total. The van der Waals surface area contributed by atoms with Crippen molar-refractivity contribution in [2.24, 2.45) is 0 Å². The van der Waals surface area contributed by atoms with Crippen molar-refractivity contribution in [1.29, 1.82) is 0 Å². The van der Waals surface area contributed by atoms with Gasteiger partial charge in [-0.25, -0.2) is 9.97 Å². The summed E-state index contributed by atoms with van der Waals surface area (Å²) in [4.78, 5) is 8.33. The topological polar surface area (TPSA) is 35.0 Å². The summed E-state index contributed by atoms with van der Waals surface area (Å²) < 4.78 is 5.16. The second kappa shape index (κ2) is 5.34. The lowest BCUT2D eigenvalue weighted by molar-refractivity contribution is 0.415. The lowest BCUT2D eigenvalue weighted by Crippen LogP contribution is -1.94. The second-order valence-corrected chi connectivity index (χ2v) is 4.01. The highest BCUT2D eigenvalue weighted by Gasteiger charge is 2.05. The van der Waals surface area contributed by atoms with Crippen molar-refractivity contribution in [3.05, 3.63) is 41.3 Å². The molecule has 0 atom stereocenters. The van der Waals surface area contributed by atoms with E-state index >= 15 is 0 Å². The van der Waals surface area contributed by atoms with Crippen LogP contribution in [0.25, 0.3) is 11.3 Å². The average molecular weight is 269 g/mol. The Morgan fingerprint density at radius 3 is 2.76 bits per heavy atom. The number of nitrogens with zero attached hydrogens (tertiary/aromatic N) is 2. The van der Waals surface area contributed by atoms with Gasteiger partial charge in [0.1, 0.15) is 16.7 Å². The van der Waals surface area contributed by atoms with Crippen molar-refractivity contribution in [2.75, 3.05) is 7.11 Å². The Balaban J connectivity index is 2.47. The van der Waals surface area contributed by atoms with Crippen LogP contribution in [0.2, 0.25) is 5.15 Å². The molecule has 0 amide bonds. The summed E-state index contributed by atoms with van der Waals surface area (Å²) in [7, 11) is 1.62. The molecule has 2 rings (SSSR count). The lowest BCUT2D eigenvalue weighted by Gasteiger charge is -2.05. The second-order valence-electron chi connectivity index (χ2n) is 3.36. The van der Waals surface area contributed by atoms with Crippen molar-refractivity contribution in [3.8, 4) is 17.0 Å². The van der Waals surface area contributed by atoms with Gasteiger partial charge in [-0.1, -0.05) is 23.7 Å². The van der Waals surface area contributed by atoms with Gasteiger partial charge in [0.2, 0.25) is 0 Å². The Hall–Kier alpha value is -1.32. The third kappa shape index (κ3) is 2.87. The number of hydrogen-bond donors (Lipinski definition) is 0. The summed E-state index contributed by atoms with van der Waals surface area (Å²) in [5.74, 6) is 1.51. The van der Waals surface area contributed by atoms with Crippen LogP contribution in [-0.4, -0.2) is 17.1 Å². The van der Waals surface area contributed by atoms with Gasteiger partial charge in [-0.05, 0) is 12.1 Å². The first kappa shape index (κ1) is 12.1. The van der Waals surface area contributed by atoms with Gasteiger partial charge in [0, 0.05) is 11.6 Å². The Labute approximate surface area is 109 Å². The summed E-state index contributed by atoms with van der Waals surface area (Å²) in [6, 6.07) is 9.28. The van der Waals surface area contributed by atoms with Crippen LogP contribution in [0.3, 0.4) is 0 Å². The smallest absolute Gasteiger partial charge is 0.145 e. The minimum Gasteiger partial charge on any atom is -0.497 e. The minimum atomic E-state index is 0.234. The summed E-state index contributed by atoms with van der Waals surface area (Å²) >= 11 is 11.6. The van der Waals surface area contributed by atoms with Gasteiger partial charge >= 0.3 is 0 Å². The minimum absolute atomic E-state index is 0.234. The standard InChI is InChI=1S/C12H10Cl2N2O/c1-17-9-4-2-3-8(5-9)10-6-11(14)16-12(7-13)15-10/h2-6H,7H2,1H3. The van der Waals surface area contributed by atoms with E-state index in [2.05, 4.69) is 9.97 Å². The predicted molar refractivity (Wildman–Crippen MR) is 68.6 cm³/mol. The first-order valence-corrected chi connectivity index (χ1v) is 5.88. The molecule has 17 heavy (non-hydrogen) atoms. The van der Waals surface area contributed by atoms with Crippen molar-refractivity contribution >= 4 is 23.2 Å². The zero-order chi connectivity index (χ0) is 12.3. The molecule has 1 aromatic carbocycles. The monoisotopic (exact) mass is 268 g/mol. The molecule has 1 aromatic heterocycles. The molecule has 0 bridgehead atoms. The molecular formula is C12H10Cl2N2O. The third-order valence-corrected chi connectivity index (χ3v) is 2.66. The molecular weight excluding hydrogens is 259 g/mol. The molecule has 0 aliphatic carbocycles. The first-order chi connectivity index (χ1) is 8.22. The van der Waals surface area contributed by atoms with Gasteiger partial charge in [0.05, 0.1) is 18.7 Å². The van der Waals surface area contributed by atoms with Crippen molar-refractivity contribution in [1.82, 2.24) is 9.97 Å². The maximum atomic E-state index is 5.91. The van der Waals surface area contributed by atoms with Crippen LogP contribution in [0, 0.1) is 0 Å². The highest BCUT2D eigenvalue weighted by molar-refractivity contribution is 6.29. The Kier molecular flexibility index (Phi) is 3.82. The van der Waals surface area contributed by atoms with Gasteiger partial charge < -0.3 is 4.74 Å². The molecule has 0 N–H and O–H groups in total. The van der Waals surface area contributed by atoms with Crippen molar-refractivity contribution < 1.29 is 4.74 Å². The third-order valence-electron chi connectivity index (χ3n) is 2.23. The summed E-state index contributed by atoms with van der Waals surface area (Å²) in [6.07, 6.45) is 0. The molecule has 0 spiro atoms. The van der Waals surface area contributed by atoms with E-state index in [9.17, 15) is 0 Å². The van der Waals surface area contributed by atoms with E-state index in [1.165, 1.54) is 0 Å². The number of aromatic nitrogens is 2. The largest absolute Gasteiger partial charge is 0.497 e. The molecule has 0 aliphatic rings. The quantitative estimate of drug-likeness (QED) is 0.631. The fraction of sp³-hybridized carbons (Fsp3) is 0.167. The average Bonchev–Trinajstić information content (AvgIpc) is 2.38. The molecule has 0 radical (unpaired) electrons. The number of benzene rings is 1. The molecule has 1 heterocycles. The van der Waals surface area contributed by atoms with Crippen molar-refractivity contribution in [3.63, 3.8) is 0 Å². The molecule has 0 aliphatic heterocycles. The van der Waals surface area contributed by atoms with Gasteiger partial charge in [0.15, 0.2) is 0 Å². The fourth-order valence-corrected chi connectivity index (χ4v) is 1.78. The highest BCUT2D eigenvalue weighted by atomic mass is 35.5. The maximum absolute atomic E-state index is 5.91. The van der Waals surface area contributed by atoms with Crippen LogP contribution in [0.5, 0.6) is 5.75 Å². The Morgan fingerprint density at radius 1 is 1.24 bits per heavy atom. The summed E-state index contributed by atoms with van der Waals surface area (Å²) in [6.45, 7) is 0. The van der Waals surface area contributed by atoms with E-state index in [1.807, 2.05) is 24.3 Å². The van der Waals surface area contributed by atoms with E-state index < -0.39 is 0 Å². The van der Waals surface area contributed by atoms with Gasteiger partial charge in [-0.15, -0.1) is 11.6 Å². The van der Waals surface area contributed by atoms with Gasteiger partial charge in [-0.3, -0.25) is 0 Å². The number of hydrogen-bond acceptors (Lipinski definition) is 3. The zero-order valence-electron chi connectivity index (χ0n) is 9.15. The zero-order valence-corrected chi connectivity index (χ0v) is 10.7. The van der Waals surface area contributed by atoms with Crippen LogP contribution in [-0.2, 0) is 5.88 Å². The summed E-state index contributed by atoms with van der Waals surface area (Å²) in [5.41, 5.74) is 1.65. The number of rotatable bonds is 3. The van der Waals surface area contributed by atoms with E-state index in [-0.39, 0.29) is 5.88 Å². The van der Waals surface area contributed by atoms with Crippen molar-refractivity contribution in [2.45, 2.75) is 5.88 Å². The number of methoxy groups -OCH3 is 1. The van der Waals surface area contributed by atoms with E-state index in [0.717, 1.165) is 17.0 Å². The molecule has 0 saturated heterocycles. The molecule has 5 heteroatoms. The molecule has 0 unspecified atom stereocenters. The first-order valence-electron chi connectivity index (χ1n) is 4.97. The highest BCUT2D eigenvalue weighted by Crippen LogP contribution is 2.24. The van der Waals surface area contributed by atoms with E-state index in [1.54, 1.807) is 13.2 Å². The normalized spacial score (nSPS) is 10.3. The lowest BCUT2D eigenvalue weighted by atomic mass is 10.1. The Morgan fingerprint density at radius 2 is 2.06 bits per heavy atom. The van der Waals surface area contributed by atoms with E-state index in [0.29, 0.717) is 11.0 Å². The fourth-order valence-electron chi connectivity index (χ4n) is 1.45. The molecule has 2 aromatic rings. The van der Waals surface area contributed by atoms with E-state index in [4.69, 9.17) is 27.9 Å². The number of halogens is 2.